The van der Waals surface area contributed by atoms with Crippen molar-refractivity contribution in [1.82, 2.24) is 15.1 Å². The molecule has 2 aliphatic rings. The van der Waals surface area contributed by atoms with Gasteiger partial charge in [-0.15, -0.1) is 10.2 Å². The predicted octanol–water partition coefficient (Wildman–Crippen LogP) is 2.56. The van der Waals surface area contributed by atoms with E-state index in [1.165, 1.54) is 29.1 Å². The number of carbonyl (C=O) groups is 1. The summed E-state index contributed by atoms with van der Waals surface area (Å²) in [6, 6.07) is -0.148. The smallest absolute Gasteiger partial charge is 0.328 e. The highest BCUT2D eigenvalue weighted by molar-refractivity contribution is 7.15. The fourth-order valence-electron chi connectivity index (χ4n) is 3.12. The molecule has 7 heteroatoms. The van der Waals surface area contributed by atoms with Crippen LogP contribution in [-0.2, 0) is 0 Å². The molecule has 1 aromatic rings. The van der Waals surface area contributed by atoms with Gasteiger partial charge < -0.3 is 10.0 Å². The zero-order chi connectivity index (χ0) is 14.8. The van der Waals surface area contributed by atoms with Crippen LogP contribution in [0.25, 0.3) is 0 Å². The standard InChI is InChI=1S/C14H22N4O2S/c1-2-8-17-9-7-11(19)18(14(17)20)13-16-15-12(21-13)10-5-3-4-6-10/h10-11,19H,2-9H2,1H3. The number of aliphatic hydroxyl groups excluding tert-OH is 1. The maximum atomic E-state index is 12.5. The number of anilines is 1. The minimum Gasteiger partial charge on any atom is -0.373 e. The molecule has 3 rings (SSSR count). The quantitative estimate of drug-likeness (QED) is 0.928. The third kappa shape index (κ3) is 2.89. The minimum absolute atomic E-state index is 0.148. The summed E-state index contributed by atoms with van der Waals surface area (Å²) in [5.41, 5.74) is 0. The van der Waals surface area contributed by atoms with Crippen molar-refractivity contribution in [1.29, 1.82) is 0 Å². The third-order valence-corrected chi connectivity index (χ3v) is 5.35. The molecule has 1 saturated carbocycles. The summed E-state index contributed by atoms with van der Waals surface area (Å²) >= 11 is 1.46. The van der Waals surface area contributed by atoms with Gasteiger partial charge in [-0.05, 0) is 19.3 Å². The fraction of sp³-hybridized carbons (Fsp3) is 0.786. The van der Waals surface area contributed by atoms with Crippen LogP contribution in [0.2, 0.25) is 0 Å². The van der Waals surface area contributed by atoms with Gasteiger partial charge in [0.05, 0.1) is 0 Å². The molecule has 1 N–H and O–H groups in total. The van der Waals surface area contributed by atoms with Crippen molar-refractivity contribution in [3.05, 3.63) is 5.01 Å². The van der Waals surface area contributed by atoms with Crippen molar-refractivity contribution in [2.45, 2.75) is 57.6 Å². The molecule has 1 aliphatic heterocycles. The Hall–Kier alpha value is -1.21. The Morgan fingerprint density at radius 2 is 2.05 bits per heavy atom. The molecule has 1 aromatic heterocycles. The summed E-state index contributed by atoms with van der Waals surface area (Å²) in [5, 5.41) is 20.1. The van der Waals surface area contributed by atoms with Gasteiger partial charge in [0, 0.05) is 25.4 Å². The minimum atomic E-state index is -0.782. The molecule has 0 spiro atoms. The molecule has 1 saturated heterocycles. The Morgan fingerprint density at radius 3 is 2.76 bits per heavy atom. The molecule has 6 nitrogen and oxygen atoms in total. The van der Waals surface area contributed by atoms with Crippen LogP contribution < -0.4 is 4.90 Å². The van der Waals surface area contributed by atoms with E-state index in [1.807, 2.05) is 6.92 Å². The van der Waals surface area contributed by atoms with Crippen LogP contribution in [0.5, 0.6) is 0 Å². The Bertz CT molecular complexity index is 501. The molecule has 0 bridgehead atoms. The summed E-state index contributed by atoms with van der Waals surface area (Å²) in [4.78, 5) is 15.7. The summed E-state index contributed by atoms with van der Waals surface area (Å²) < 4.78 is 0. The highest BCUT2D eigenvalue weighted by atomic mass is 32.1. The molecule has 2 amide bonds. The lowest BCUT2D eigenvalue weighted by atomic mass is 10.1. The number of aromatic nitrogens is 2. The average molecular weight is 310 g/mol. The molecule has 2 heterocycles. The second kappa shape index (κ2) is 6.27. The van der Waals surface area contributed by atoms with Crippen molar-refractivity contribution >= 4 is 22.5 Å². The highest BCUT2D eigenvalue weighted by Gasteiger charge is 2.35. The summed E-state index contributed by atoms with van der Waals surface area (Å²) in [5.74, 6) is 0.486. The van der Waals surface area contributed by atoms with Gasteiger partial charge in [-0.3, -0.25) is 0 Å². The lowest BCUT2D eigenvalue weighted by Gasteiger charge is -2.37. The molecule has 1 atom stereocenters. The zero-order valence-corrected chi connectivity index (χ0v) is 13.2. The van der Waals surface area contributed by atoms with E-state index in [-0.39, 0.29) is 6.03 Å². The molecule has 21 heavy (non-hydrogen) atoms. The Labute approximate surface area is 128 Å². The maximum Gasteiger partial charge on any atom is 0.328 e. The van der Waals surface area contributed by atoms with E-state index < -0.39 is 6.23 Å². The monoisotopic (exact) mass is 310 g/mol. The first-order valence-corrected chi connectivity index (χ1v) is 8.62. The van der Waals surface area contributed by atoms with Gasteiger partial charge in [0.25, 0.3) is 0 Å². The first-order chi connectivity index (χ1) is 10.2. The topological polar surface area (TPSA) is 69.6 Å². The van der Waals surface area contributed by atoms with E-state index in [1.54, 1.807) is 4.90 Å². The van der Waals surface area contributed by atoms with Gasteiger partial charge in [-0.2, -0.15) is 0 Å². The van der Waals surface area contributed by atoms with Crippen molar-refractivity contribution in [2.24, 2.45) is 0 Å². The van der Waals surface area contributed by atoms with Crippen LogP contribution in [0.15, 0.2) is 0 Å². The van der Waals surface area contributed by atoms with Gasteiger partial charge in [0.15, 0.2) is 0 Å². The predicted molar refractivity (Wildman–Crippen MR) is 81.5 cm³/mol. The maximum absolute atomic E-state index is 12.5. The van der Waals surface area contributed by atoms with Crippen molar-refractivity contribution < 1.29 is 9.90 Å². The number of urea groups is 1. The zero-order valence-electron chi connectivity index (χ0n) is 12.4. The molecular weight excluding hydrogens is 288 g/mol. The molecule has 0 aromatic carbocycles. The fourth-order valence-corrected chi connectivity index (χ4v) is 4.17. The summed E-state index contributed by atoms with van der Waals surface area (Å²) in [7, 11) is 0. The second-order valence-electron chi connectivity index (χ2n) is 5.81. The van der Waals surface area contributed by atoms with Crippen molar-refractivity contribution in [3.63, 3.8) is 0 Å². The van der Waals surface area contributed by atoms with Crippen LogP contribution >= 0.6 is 11.3 Å². The normalized spacial score (nSPS) is 24.1. The lowest BCUT2D eigenvalue weighted by molar-refractivity contribution is 0.109. The van der Waals surface area contributed by atoms with Gasteiger partial charge in [0.2, 0.25) is 5.13 Å². The van der Waals surface area contributed by atoms with E-state index in [0.29, 0.717) is 24.0 Å². The number of aliphatic hydroxyl groups is 1. The Morgan fingerprint density at radius 1 is 1.29 bits per heavy atom. The largest absolute Gasteiger partial charge is 0.373 e. The van der Waals surface area contributed by atoms with E-state index in [2.05, 4.69) is 10.2 Å². The number of hydrogen-bond donors (Lipinski definition) is 1. The van der Waals surface area contributed by atoms with E-state index in [4.69, 9.17) is 0 Å². The Kier molecular flexibility index (Phi) is 4.40. The SMILES string of the molecule is CCCN1CCC(O)N(c2nnc(C3CCCC3)s2)C1=O. The van der Waals surface area contributed by atoms with Crippen molar-refractivity contribution in [3.8, 4) is 0 Å². The molecule has 2 fully saturated rings. The molecule has 1 aliphatic carbocycles. The Balaban J connectivity index is 1.78. The summed E-state index contributed by atoms with van der Waals surface area (Å²) in [6.45, 7) is 3.38. The third-order valence-electron chi connectivity index (χ3n) is 4.27. The number of nitrogens with zero attached hydrogens (tertiary/aromatic N) is 4. The van der Waals surface area contributed by atoms with E-state index in [9.17, 15) is 9.90 Å². The van der Waals surface area contributed by atoms with Gasteiger partial charge in [-0.1, -0.05) is 31.1 Å². The van der Waals surface area contributed by atoms with Crippen molar-refractivity contribution in [2.75, 3.05) is 18.0 Å². The second-order valence-corrected chi connectivity index (χ2v) is 6.80. The van der Waals surface area contributed by atoms with Crippen LogP contribution in [0.1, 0.15) is 56.4 Å². The van der Waals surface area contributed by atoms with Crippen LogP contribution in [-0.4, -0.2) is 45.6 Å². The van der Waals surface area contributed by atoms with Crippen LogP contribution in [0.3, 0.4) is 0 Å². The first-order valence-electron chi connectivity index (χ1n) is 7.80. The number of hydrogen-bond acceptors (Lipinski definition) is 5. The average Bonchev–Trinajstić information content (AvgIpc) is 3.12. The number of carbonyl (C=O) groups excluding carboxylic acids is 1. The van der Waals surface area contributed by atoms with Gasteiger partial charge in [-0.25, -0.2) is 9.69 Å². The number of amides is 2. The summed E-state index contributed by atoms with van der Waals surface area (Å²) in [6.07, 6.45) is 5.50. The van der Waals surface area contributed by atoms with Crippen LogP contribution in [0, 0.1) is 0 Å². The number of rotatable bonds is 4. The molecule has 0 radical (unpaired) electrons. The van der Waals surface area contributed by atoms with E-state index >= 15 is 0 Å². The van der Waals surface area contributed by atoms with Gasteiger partial charge >= 0.3 is 6.03 Å². The molecule has 116 valence electrons. The molecule has 1 unspecified atom stereocenters. The lowest BCUT2D eigenvalue weighted by Crippen LogP contribution is -2.54. The highest BCUT2D eigenvalue weighted by Crippen LogP contribution is 2.38. The first kappa shape index (κ1) is 14.7. The molecular formula is C14H22N4O2S. The van der Waals surface area contributed by atoms with E-state index in [0.717, 1.165) is 30.8 Å². The van der Waals surface area contributed by atoms with Crippen LogP contribution in [0.4, 0.5) is 9.93 Å². The van der Waals surface area contributed by atoms with Gasteiger partial charge in [0.1, 0.15) is 11.2 Å².